The van der Waals surface area contributed by atoms with Crippen LogP contribution in [0.3, 0.4) is 0 Å². The Labute approximate surface area is 147 Å². The highest BCUT2D eigenvalue weighted by Gasteiger charge is 2.33. The molecule has 138 valence electrons. The predicted molar refractivity (Wildman–Crippen MR) is 91.3 cm³/mol. The number of ether oxygens (including phenoxy) is 1. The number of morpholine rings is 1. The second-order valence-electron chi connectivity index (χ2n) is 6.18. The van der Waals surface area contributed by atoms with Crippen LogP contribution in [0.2, 0.25) is 0 Å². The maximum Gasteiger partial charge on any atom is 0.334 e. The number of carboxylic acid groups (broad SMARTS) is 1. The Hall–Kier alpha value is -1.93. The van der Waals surface area contributed by atoms with Crippen LogP contribution >= 0.6 is 0 Å². The minimum atomic E-state index is -3.34. The number of hydrogen-bond acceptors (Lipinski definition) is 5. The van der Waals surface area contributed by atoms with Crippen molar-refractivity contribution in [3.8, 4) is 0 Å². The first-order chi connectivity index (χ1) is 11.7. The fourth-order valence-electron chi connectivity index (χ4n) is 2.69. The van der Waals surface area contributed by atoms with Crippen LogP contribution in [0.4, 0.5) is 0 Å². The van der Waals surface area contributed by atoms with Gasteiger partial charge < -0.3 is 14.7 Å². The Kier molecular flexibility index (Phi) is 6.18. The van der Waals surface area contributed by atoms with Crippen LogP contribution in [0.25, 0.3) is 0 Å². The number of aliphatic carboxylic acids is 1. The molecule has 1 aliphatic heterocycles. The molecule has 1 aromatic rings. The highest BCUT2D eigenvalue weighted by atomic mass is 32.2. The van der Waals surface area contributed by atoms with Crippen LogP contribution in [0.15, 0.2) is 29.2 Å². The third kappa shape index (κ3) is 4.79. The number of carboxylic acids is 1. The van der Waals surface area contributed by atoms with Gasteiger partial charge in [0.2, 0.25) is 0 Å². The second kappa shape index (κ2) is 7.97. The van der Waals surface area contributed by atoms with E-state index in [0.717, 1.165) is 6.42 Å². The molecular weight excluding hydrogens is 346 g/mol. The van der Waals surface area contributed by atoms with Crippen molar-refractivity contribution in [2.75, 3.05) is 18.8 Å². The Morgan fingerprint density at radius 2 is 1.88 bits per heavy atom. The van der Waals surface area contributed by atoms with Gasteiger partial charge in [0.25, 0.3) is 5.91 Å². The zero-order valence-corrected chi connectivity index (χ0v) is 15.2. The topological polar surface area (TPSA) is 101 Å². The average Bonchev–Trinajstić information content (AvgIpc) is 2.59. The van der Waals surface area contributed by atoms with Crippen LogP contribution < -0.4 is 0 Å². The van der Waals surface area contributed by atoms with E-state index in [1.165, 1.54) is 29.2 Å². The molecule has 1 unspecified atom stereocenters. The van der Waals surface area contributed by atoms with Crippen molar-refractivity contribution in [3.05, 3.63) is 29.8 Å². The molecule has 0 aromatic heterocycles. The van der Waals surface area contributed by atoms with E-state index < -0.39 is 21.9 Å². The van der Waals surface area contributed by atoms with Gasteiger partial charge in [0.1, 0.15) is 0 Å². The van der Waals surface area contributed by atoms with Gasteiger partial charge in [0.05, 0.1) is 23.3 Å². The highest BCUT2D eigenvalue weighted by molar-refractivity contribution is 7.91. The SMILES string of the molecule is CCCCS(=O)(=O)c1ccc(C(=O)N2CC(C(=O)O)O[C@H](C)C2)cc1. The van der Waals surface area contributed by atoms with Gasteiger partial charge in [-0.15, -0.1) is 0 Å². The third-order valence-electron chi connectivity index (χ3n) is 4.05. The summed E-state index contributed by atoms with van der Waals surface area (Å²) in [5.74, 6) is -1.36. The molecule has 1 amide bonds. The lowest BCUT2D eigenvalue weighted by molar-refractivity contribution is -0.160. The van der Waals surface area contributed by atoms with Gasteiger partial charge in [-0.1, -0.05) is 13.3 Å². The van der Waals surface area contributed by atoms with E-state index in [4.69, 9.17) is 9.84 Å². The van der Waals surface area contributed by atoms with Gasteiger partial charge in [0, 0.05) is 12.1 Å². The number of nitrogens with zero attached hydrogens (tertiary/aromatic N) is 1. The van der Waals surface area contributed by atoms with Crippen LogP contribution in [-0.2, 0) is 19.4 Å². The molecular formula is C17H23NO6S. The molecule has 1 saturated heterocycles. The molecule has 2 atom stereocenters. The monoisotopic (exact) mass is 369 g/mol. The van der Waals surface area contributed by atoms with Crippen molar-refractivity contribution in [2.24, 2.45) is 0 Å². The first-order valence-electron chi connectivity index (χ1n) is 8.25. The van der Waals surface area contributed by atoms with E-state index in [9.17, 15) is 18.0 Å². The smallest absolute Gasteiger partial charge is 0.334 e. The zero-order chi connectivity index (χ0) is 18.6. The Morgan fingerprint density at radius 3 is 2.44 bits per heavy atom. The zero-order valence-electron chi connectivity index (χ0n) is 14.3. The standard InChI is InChI=1S/C17H23NO6S/c1-3-4-9-25(22,23)14-7-5-13(6-8-14)16(19)18-10-12(2)24-15(11-18)17(20)21/h5-8,12,15H,3-4,9-11H2,1-2H3,(H,20,21)/t12-,15?/m1/s1. The largest absolute Gasteiger partial charge is 0.479 e. The molecule has 25 heavy (non-hydrogen) atoms. The third-order valence-corrected chi connectivity index (χ3v) is 5.87. The number of amides is 1. The summed E-state index contributed by atoms with van der Waals surface area (Å²) in [7, 11) is -3.34. The molecule has 1 aliphatic rings. The molecule has 2 rings (SSSR count). The fourth-order valence-corrected chi connectivity index (χ4v) is 4.15. The molecule has 0 radical (unpaired) electrons. The molecule has 1 heterocycles. The number of hydrogen-bond donors (Lipinski definition) is 1. The highest BCUT2D eigenvalue weighted by Crippen LogP contribution is 2.18. The Morgan fingerprint density at radius 1 is 1.24 bits per heavy atom. The van der Waals surface area contributed by atoms with Crippen molar-refractivity contribution in [3.63, 3.8) is 0 Å². The molecule has 7 nitrogen and oxygen atoms in total. The van der Waals surface area contributed by atoms with Crippen LogP contribution in [0, 0.1) is 0 Å². The van der Waals surface area contributed by atoms with Gasteiger partial charge >= 0.3 is 5.97 Å². The molecule has 0 spiro atoms. The molecule has 1 aromatic carbocycles. The number of carbonyl (C=O) groups excluding carboxylic acids is 1. The number of rotatable bonds is 6. The normalized spacial score (nSPS) is 21.1. The van der Waals surface area contributed by atoms with E-state index in [1.54, 1.807) is 6.92 Å². The maximum absolute atomic E-state index is 12.6. The molecule has 1 N–H and O–H groups in total. The van der Waals surface area contributed by atoms with Gasteiger partial charge in [-0.2, -0.15) is 0 Å². The van der Waals surface area contributed by atoms with E-state index in [-0.39, 0.29) is 29.2 Å². The molecule has 8 heteroatoms. The Balaban J connectivity index is 2.13. The summed E-state index contributed by atoms with van der Waals surface area (Å²) in [5, 5.41) is 9.09. The molecule has 0 saturated carbocycles. The number of unbranched alkanes of at least 4 members (excludes halogenated alkanes) is 1. The van der Waals surface area contributed by atoms with Crippen molar-refractivity contribution in [1.29, 1.82) is 0 Å². The Bertz CT molecular complexity index is 728. The van der Waals surface area contributed by atoms with Crippen molar-refractivity contribution in [2.45, 2.75) is 43.8 Å². The van der Waals surface area contributed by atoms with Gasteiger partial charge in [-0.05, 0) is 37.6 Å². The average molecular weight is 369 g/mol. The minimum absolute atomic E-state index is 0.0327. The van der Waals surface area contributed by atoms with Gasteiger partial charge in [0.15, 0.2) is 15.9 Å². The van der Waals surface area contributed by atoms with Crippen molar-refractivity contribution in [1.82, 2.24) is 4.90 Å². The first-order valence-corrected chi connectivity index (χ1v) is 9.90. The van der Waals surface area contributed by atoms with E-state index in [2.05, 4.69) is 0 Å². The van der Waals surface area contributed by atoms with Crippen molar-refractivity contribution >= 4 is 21.7 Å². The first kappa shape index (κ1) is 19.4. The van der Waals surface area contributed by atoms with Crippen molar-refractivity contribution < 1.29 is 27.9 Å². The van der Waals surface area contributed by atoms with Gasteiger partial charge in [-0.3, -0.25) is 4.79 Å². The quantitative estimate of drug-likeness (QED) is 0.817. The minimum Gasteiger partial charge on any atom is -0.479 e. The van der Waals surface area contributed by atoms with Crippen LogP contribution in [0.5, 0.6) is 0 Å². The van der Waals surface area contributed by atoms with Crippen LogP contribution in [0.1, 0.15) is 37.0 Å². The summed E-state index contributed by atoms with van der Waals surface area (Å²) in [6.45, 7) is 3.89. The van der Waals surface area contributed by atoms with E-state index >= 15 is 0 Å². The summed E-state index contributed by atoms with van der Waals surface area (Å²) in [6.07, 6.45) is -0.0602. The lowest BCUT2D eigenvalue weighted by atomic mass is 10.1. The summed E-state index contributed by atoms with van der Waals surface area (Å²) < 4.78 is 29.6. The summed E-state index contributed by atoms with van der Waals surface area (Å²) in [6, 6.07) is 5.79. The molecule has 0 bridgehead atoms. The summed E-state index contributed by atoms with van der Waals surface area (Å²) >= 11 is 0. The van der Waals surface area contributed by atoms with E-state index in [0.29, 0.717) is 18.5 Å². The lowest BCUT2D eigenvalue weighted by Crippen LogP contribution is -2.51. The summed E-state index contributed by atoms with van der Waals surface area (Å²) in [5.41, 5.74) is 0.327. The lowest BCUT2D eigenvalue weighted by Gasteiger charge is -2.35. The predicted octanol–water partition coefficient (Wildman–Crippen LogP) is 1.57. The summed E-state index contributed by atoms with van der Waals surface area (Å²) in [4.78, 5) is 25.3. The van der Waals surface area contributed by atoms with E-state index in [1.807, 2.05) is 6.92 Å². The molecule has 1 fully saturated rings. The number of carbonyl (C=O) groups is 2. The van der Waals surface area contributed by atoms with Gasteiger partial charge in [-0.25, -0.2) is 13.2 Å². The fraction of sp³-hybridized carbons (Fsp3) is 0.529. The molecule has 0 aliphatic carbocycles. The van der Waals surface area contributed by atoms with Crippen LogP contribution in [-0.4, -0.2) is 61.4 Å². The maximum atomic E-state index is 12.6. The second-order valence-corrected chi connectivity index (χ2v) is 8.29. The number of sulfone groups is 1. The number of benzene rings is 1.